The molecule has 3 nitrogen and oxygen atoms in total. The van der Waals surface area contributed by atoms with Crippen molar-refractivity contribution < 1.29 is 4.39 Å². The molecule has 0 saturated carbocycles. The van der Waals surface area contributed by atoms with Crippen molar-refractivity contribution in [1.82, 2.24) is 9.78 Å². The minimum atomic E-state index is -0.475. The summed E-state index contributed by atoms with van der Waals surface area (Å²) in [5.41, 5.74) is 6.11. The highest BCUT2D eigenvalue weighted by atomic mass is 35.5. The molecule has 0 aliphatic carbocycles. The minimum absolute atomic E-state index is 0.0141. The summed E-state index contributed by atoms with van der Waals surface area (Å²) in [5, 5.41) is 4.43. The summed E-state index contributed by atoms with van der Waals surface area (Å²) in [6.45, 7) is 0. The molecular weight excluding hydrogens is 249 g/mol. The van der Waals surface area contributed by atoms with Crippen LogP contribution in [0.3, 0.4) is 0 Å². The highest BCUT2D eigenvalue weighted by Crippen LogP contribution is 2.19. The van der Waals surface area contributed by atoms with Crippen LogP contribution in [0.25, 0.3) is 5.69 Å². The second kappa shape index (κ2) is 4.19. The predicted octanol–water partition coefficient (Wildman–Crippen LogP) is 2.30. The van der Waals surface area contributed by atoms with Crippen LogP contribution in [0.15, 0.2) is 30.6 Å². The van der Waals surface area contributed by atoms with Crippen molar-refractivity contribution in [3.05, 3.63) is 47.0 Å². The molecule has 82 valence electrons. The van der Waals surface area contributed by atoms with Crippen molar-refractivity contribution in [2.75, 3.05) is 0 Å². The molecule has 1 heterocycles. The van der Waals surface area contributed by atoms with Crippen LogP contribution in [0.1, 0.15) is 5.56 Å². The van der Waals surface area contributed by atoms with E-state index in [0.717, 1.165) is 0 Å². The van der Waals surface area contributed by atoms with E-state index in [4.69, 9.17) is 29.6 Å². The van der Waals surface area contributed by atoms with Crippen LogP contribution < -0.4 is 5.73 Å². The first kappa shape index (κ1) is 11.0. The van der Waals surface area contributed by atoms with Crippen LogP contribution in [0, 0.1) is 5.82 Å². The van der Waals surface area contributed by atoms with Gasteiger partial charge in [-0.05, 0) is 12.1 Å². The summed E-state index contributed by atoms with van der Waals surface area (Å²) in [4.78, 5) is -0.0141. The molecule has 0 fully saturated rings. The Kier molecular flexibility index (Phi) is 2.89. The standard InChI is InChI=1S/C10H7ClFN3S/c11-6-4-14-15(5-6)8-3-1-2-7(12)9(8)10(13)16/h1-5H,(H2,13,16). The minimum Gasteiger partial charge on any atom is -0.389 e. The number of aromatic nitrogens is 2. The molecule has 2 aromatic rings. The zero-order valence-electron chi connectivity index (χ0n) is 8.02. The summed E-state index contributed by atoms with van der Waals surface area (Å²) in [6.07, 6.45) is 3.01. The van der Waals surface area contributed by atoms with Gasteiger partial charge in [-0.15, -0.1) is 0 Å². The number of hydrogen-bond acceptors (Lipinski definition) is 2. The smallest absolute Gasteiger partial charge is 0.135 e. The quantitative estimate of drug-likeness (QED) is 0.838. The molecule has 0 bridgehead atoms. The average molecular weight is 256 g/mol. The van der Waals surface area contributed by atoms with E-state index >= 15 is 0 Å². The summed E-state index contributed by atoms with van der Waals surface area (Å²) >= 11 is 10.5. The van der Waals surface area contributed by atoms with Gasteiger partial charge in [-0.2, -0.15) is 5.10 Å². The molecule has 0 saturated heterocycles. The van der Waals surface area contributed by atoms with Crippen LogP contribution in [-0.4, -0.2) is 14.8 Å². The molecule has 0 radical (unpaired) electrons. The van der Waals surface area contributed by atoms with Gasteiger partial charge in [-0.1, -0.05) is 29.9 Å². The molecule has 16 heavy (non-hydrogen) atoms. The lowest BCUT2D eigenvalue weighted by Crippen LogP contribution is -2.15. The molecule has 2 rings (SSSR count). The van der Waals surface area contributed by atoms with E-state index in [9.17, 15) is 4.39 Å². The van der Waals surface area contributed by atoms with Gasteiger partial charge in [0.1, 0.15) is 10.8 Å². The van der Waals surface area contributed by atoms with Gasteiger partial charge in [0.05, 0.1) is 22.5 Å². The summed E-state index contributed by atoms with van der Waals surface area (Å²) in [5.74, 6) is -0.475. The number of rotatable bonds is 2. The third kappa shape index (κ3) is 1.91. The van der Waals surface area contributed by atoms with Gasteiger partial charge in [-0.25, -0.2) is 9.07 Å². The molecule has 0 atom stereocenters. The number of nitrogens with zero attached hydrogens (tertiary/aromatic N) is 2. The predicted molar refractivity (Wildman–Crippen MR) is 64.4 cm³/mol. The molecule has 1 aromatic heterocycles. The molecule has 1 aromatic carbocycles. The Balaban J connectivity index is 2.65. The third-order valence-electron chi connectivity index (χ3n) is 2.04. The average Bonchev–Trinajstić information content (AvgIpc) is 2.63. The van der Waals surface area contributed by atoms with Gasteiger partial charge >= 0.3 is 0 Å². The van der Waals surface area contributed by atoms with E-state index in [1.807, 2.05) is 0 Å². The first-order valence-corrected chi connectivity index (χ1v) is 5.17. The molecular formula is C10H7ClFN3S. The van der Waals surface area contributed by atoms with Gasteiger partial charge in [0.15, 0.2) is 0 Å². The van der Waals surface area contributed by atoms with Crippen LogP contribution >= 0.6 is 23.8 Å². The molecule has 0 aliphatic heterocycles. The van der Waals surface area contributed by atoms with Crippen molar-refractivity contribution in [1.29, 1.82) is 0 Å². The zero-order chi connectivity index (χ0) is 11.7. The van der Waals surface area contributed by atoms with Crippen molar-refractivity contribution in [2.45, 2.75) is 0 Å². The van der Waals surface area contributed by atoms with Crippen molar-refractivity contribution in [2.24, 2.45) is 5.73 Å². The molecule has 2 N–H and O–H groups in total. The summed E-state index contributed by atoms with van der Waals surface area (Å²) in [6, 6.07) is 4.52. The largest absolute Gasteiger partial charge is 0.389 e. The molecule has 0 spiro atoms. The fourth-order valence-electron chi connectivity index (χ4n) is 1.38. The van der Waals surface area contributed by atoms with Gasteiger partial charge < -0.3 is 5.73 Å². The molecule has 0 unspecified atom stereocenters. The lowest BCUT2D eigenvalue weighted by atomic mass is 10.1. The Morgan fingerprint density at radius 3 is 2.81 bits per heavy atom. The van der Waals surface area contributed by atoms with Crippen LogP contribution in [0.5, 0.6) is 0 Å². The van der Waals surface area contributed by atoms with Crippen molar-refractivity contribution in [3.63, 3.8) is 0 Å². The second-order valence-electron chi connectivity index (χ2n) is 3.10. The Labute approximate surface area is 102 Å². The number of halogens is 2. The number of nitrogens with two attached hydrogens (primary N) is 1. The van der Waals surface area contributed by atoms with E-state index < -0.39 is 5.82 Å². The highest BCUT2D eigenvalue weighted by Gasteiger charge is 2.13. The first-order chi connectivity index (χ1) is 7.59. The maximum absolute atomic E-state index is 13.6. The third-order valence-corrected chi connectivity index (χ3v) is 2.44. The first-order valence-electron chi connectivity index (χ1n) is 4.38. The maximum atomic E-state index is 13.6. The lowest BCUT2D eigenvalue weighted by Gasteiger charge is -2.08. The Morgan fingerprint density at radius 1 is 1.50 bits per heavy atom. The number of hydrogen-bond donors (Lipinski definition) is 1. The topological polar surface area (TPSA) is 43.8 Å². The second-order valence-corrected chi connectivity index (χ2v) is 3.98. The number of benzene rings is 1. The van der Waals surface area contributed by atoms with Crippen LogP contribution in [0.4, 0.5) is 4.39 Å². The van der Waals surface area contributed by atoms with Gasteiger partial charge in [0.25, 0.3) is 0 Å². The lowest BCUT2D eigenvalue weighted by molar-refractivity contribution is 0.623. The fraction of sp³-hybridized carbons (Fsp3) is 0. The summed E-state index contributed by atoms with van der Waals surface area (Å²) < 4.78 is 15.0. The molecule has 0 amide bonds. The van der Waals surface area contributed by atoms with E-state index in [1.54, 1.807) is 18.3 Å². The van der Waals surface area contributed by atoms with E-state index in [0.29, 0.717) is 10.7 Å². The fourth-order valence-corrected chi connectivity index (χ4v) is 1.72. The molecule has 6 heteroatoms. The van der Waals surface area contributed by atoms with Crippen molar-refractivity contribution in [3.8, 4) is 5.69 Å². The zero-order valence-corrected chi connectivity index (χ0v) is 9.60. The Hall–Kier alpha value is -1.46. The normalized spacial score (nSPS) is 10.4. The van der Waals surface area contributed by atoms with Crippen molar-refractivity contribution >= 4 is 28.8 Å². The highest BCUT2D eigenvalue weighted by molar-refractivity contribution is 7.80. The maximum Gasteiger partial charge on any atom is 0.135 e. The van der Waals surface area contributed by atoms with Gasteiger partial charge in [-0.3, -0.25) is 0 Å². The monoisotopic (exact) mass is 255 g/mol. The van der Waals surface area contributed by atoms with E-state index in [-0.39, 0.29) is 10.6 Å². The molecule has 0 aliphatic rings. The SMILES string of the molecule is NC(=S)c1c(F)cccc1-n1cc(Cl)cn1. The van der Waals surface area contributed by atoms with E-state index in [1.165, 1.54) is 16.9 Å². The van der Waals surface area contributed by atoms with Gasteiger partial charge in [0.2, 0.25) is 0 Å². The van der Waals surface area contributed by atoms with Crippen LogP contribution in [0.2, 0.25) is 5.02 Å². The van der Waals surface area contributed by atoms with Gasteiger partial charge in [0, 0.05) is 6.20 Å². The van der Waals surface area contributed by atoms with E-state index in [2.05, 4.69) is 5.10 Å². The number of thiocarbonyl (C=S) groups is 1. The summed E-state index contributed by atoms with van der Waals surface area (Å²) in [7, 11) is 0. The Morgan fingerprint density at radius 2 is 2.25 bits per heavy atom. The van der Waals surface area contributed by atoms with Crippen LogP contribution in [-0.2, 0) is 0 Å². The Bertz CT molecular complexity index is 553.